The molecule has 0 spiro atoms. The monoisotopic (exact) mass is 212 g/mol. The Labute approximate surface area is 88.3 Å². The molecule has 2 N–H and O–H groups in total. The van der Waals surface area contributed by atoms with Crippen molar-refractivity contribution in [1.29, 1.82) is 0 Å². The van der Waals surface area contributed by atoms with Crippen LogP contribution < -0.4 is 10.5 Å². The van der Waals surface area contributed by atoms with Crippen LogP contribution >= 0.6 is 11.3 Å². The van der Waals surface area contributed by atoms with Gasteiger partial charge < -0.3 is 10.5 Å². The van der Waals surface area contributed by atoms with Crippen molar-refractivity contribution in [3.05, 3.63) is 11.1 Å². The predicted molar refractivity (Wildman–Crippen MR) is 57.7 cm³/mol. The number of aryl methyl sites for hydroxylation is 1. The first-order valence-electron chi connectivity index (χ1n) is 5.08. The summed E-state index contributed by atoms with van der Waals surface area (Å²) in [5, 5.41) is 2.81. The molecule has 0 aromatic carbocycles. The summed E-state index contributed by atoms with van der Waals surface area (Å²) in [6.45, 7) is 1.98. The molecule has 1 aliphatic rings. The van der Waals surface area contributed by atoms with Crippen LogP contribution in [0.15, 0.2) is 5.38 Å². The summed E-state index contributed by atoms with van der Waals surface area (Å²) in [7, 11) is 0. The van der Waals surface area contributed by atoms with Gasteiger partial charge in [-0.1, -0.05) is 11.3 Å². The lowest BCUT2D eigenvalue weighted by molar-refractivity contribution is 0.144. The smallest absolute Gasteiger partial charge is 0.273 e. The second-order valence-corrected chi connectivity index (χ2v) is 4.74. The topological polar surface area (TPSA) is 48.1 Å². The van der Waals surface area contributed by atoms with Crippen molar-refractivity contribution in [2.24, 2.45) is 5.73 Å². The van der Waals surface area contributed by atoms with Gasteiger partial charge in [-0.3, -0.25) is 0 Å². The third-order valence-electron chi connectivity index (χ3n) is 2.53. The second-order valence-electron chi connectivity index (χ2n) is 3.92. The van der Waals surface area contributed by atoms with Gasteiger partial charge in [-0.05, 0) is 32.6 Å². The molecule has 1 heterocycles. The van der Waals surface area contributed by atoms with E-state index in [9.17, 15) is 0 Å². The largest absolute Gasteiger partial charge is 0.467 e. The van der Waals surface area contributed by atoms with E-state index in [1.54, 1.807) is 11.3 Å². The van der Waals surface area contributed by atoms with Crippen LogP contribution in [0.1, 0.15) is 31.4 Å². The van der Waals surface area contributed by atoms with E-state index in [0.29, 0.717) is 6.04 Å². The van der Waals surface area contributed by atoms with Crippen molar-refractivity contribution in [1.82, 2.24) is 4.98 Å². The molecular formula is C10H16N2OS. The van der Waals surface area contributed by atoms with Gasteiger partial charge in [0.25, 0.3) is 5.19 Å². The predicted octanol–water partition coefficient (Wildman–Crippen LogP) is 2.10. The summed E-state index contributed by atoms with van der Waals surface area (Å²) in [4.78, 5) is 4.29. The molecule has 78 valence electrons. The highest BCUT2D eigenvalue weighted by molar-refractivity contribution is 7.11. The average molecular weight is 212 g/mol. The van der Waals surface area contributed by atoms with E-state index in [0.717, 1.165) is 30.2 Å². The average Bonchev–Trinajstić information content (AvgIpc) is 2.51. The molecule has 2 atom stereocenters. The van der Waals surface area contributed by atoms with Crippen molar-refractivity contribution in [3.8, 4) is 5.19 Å². The van der Waals surface area contributed by atoms with Gasteiger partial charge in [-0.2, -0.15) is 0 Å². The van der Waals surface area contributed by atoms with Crippen LogP contribution in [0.5, 0.6) is 5.19 Å². The molecule has 1 aromatic rings. The molecule has 0 radical (unpaired) electrons. The Hall–Kier alpha value is -0.610. The Morgan fingerprint density at radius 1 is 1.57 bits per heavy atom. The van der Waals surface area contributed by atoms with Crippen LogP contribution in [0.25, 0.3) is 0 Å². The van der Waals surface area contributed by atoms with Crippen LogP contribution in [-0.4, -0.2) is 17.1 Å². The van der Waals surface area contributed by atoms with E-state index < -0.39 is 0 Å². The highest BCUT2D eigenvalue weighted by Crippen LogP contribution is 2.25. The number of rotatable bonds is 2. The van der Waals surface area contributed by atoms with E-state index in [1.165, 1.54) is 6.42 Å². The zero-order chi connectivity index (χ0) is 9.97. The van der Waals surface area contributed by atoms with Crippen LogP contribution in [0.4, 0.5) is 0 Å². The van der Waals surface area contributed by atoms with Crippen molar-refractivity contribution in [2.75, 3.05) is 0 Å². The summed E-state index contributed by atoms with van der Waals surface area (Å²) >= 11 is 1.57. The van der Waals surface area contributed by atoms with Crippen LogP contribution in [-0.2, 0) is 0 Å². The minimum Gasteiger partial charge on any atom is -0.467 e. The van der Waals surface area contributed by atoms with Crippen LogP contribution in [0.3, 0.4) is 0 Å². The summed E-state index contributed by atoms with van der Waals surface area (Å²) in [5.74, 6) is 0. The summed E-state index contributed by atoms with van der Waals surface area (Å²) in [5.41, 5.74) is 6.92. The minimum atomic E-state index is 0.282. The lowest BCUT2D eigenvalue weighted by Gasteiger charge is -2.26. The van der Waals surface area contributed by atoms with Gasteiger partial charge in [0, 0.05) is 11.4 Å². The fourth-order valence-corrected chi connectivity index (χ4v) is 2.53. The van der Waals surface area contributed by atoms with Gasteiger partial charge in [0.05, 0.1) is 5.69 Å². The van der Waals surface area contributed by atoms with Gasteiger partial charge in [-0.25, -0.2) is 4.98 Å². The molecule has 0 aliphatic heterocycles. The molecule has 0 saturated heterocycles. The van der Waals surface area contributed by atoms with E-state index in [1.807, 2.05) is 12.3 Å². The molecule has 4 heteroatoms. The highest BCUT2D eigenvalue weighted by atomic mass is 32.1. The Kier molecular flexibility index (Phi) is 3.03. The molecule has 1 aromatic heterocycles. The molecule has 1 saturated carbocycles. The molecular weight excluding hydrogens is 196 g/mol. The first-order chi connectivity index (χ1) is 6.74. The number of nitrogens with zero attached hydrogens (tertiary/aromatic N) is 1. The van der Waals surface area contributed by atoms with E-state index in [4.69, 9.17) is 10.5 Å². The van der Waals surface area contributed by atoms with Crippen LogP contribution in [0, 0.1) is 6.92 Å². The van der Waals surface area contributed by atoms with Crippen molar-refractivity contribution in [2.45, 2.75) is 44.8 Å². The number of hydrogen-bond acceptors (Lipinski definition) is 4. The maximum atomic E-state index is 5.89. The van der Waals surface area contributed by atoms with Gasteiger partial charge in [-0.15, -0.1) is 0 Å². The molecule has 1 aliphatic carbocycles. The van der Waals surface area contributed by atoms with E-state index in [-0.39, 0.29) is 6.10 Å². The lowest BCUT2D eigenvalue weighted by Crippen LogP contribution is -2.33. The first-order valence-corrected chi connectivity index (χ1v) is 5.96. The summed E-state index contributed by atoms with van der Waals surface area (Å²) in [6, 6.07) is 0.315. The van der Waals surface area contributed by atoms with Crippen molar-refractivity contribution < 1.29 is 4.74 Å². The number of nitrogens with two attached hydrogens (primary N) is 1. The van der Waals surface area contributed by atoms with Gasteiger partial charge in [0.1, 0.15) is 6.10 Å². The van der Waals surface area contributed by atoms with E-state index >= 15 is 0 Å². The van der Waals surface area contributed by atoms with Gasteiger partial charge in [0.2, 0.25) is 0 Å². The third kappa shape index (κ3) is 2.45. The highest BCUT2D eigenvalue weighted by Gasteiger charge is 2.21. The molecule has 3 nitrogen and oxygen atoms in total. The quantitative estimate of drug-likeness (QED) is 0.816. The molecule has 0 amide bonds. The maximum absolute atomic E-state index is 5.89. The Morgan fingerprint density at radius 2 is 2.43 bits per heavy atom. The minimum absolute atomic E-state index is 0.282. The standard InChI is InChI=1S/C10H16N2OS/c1-7-6-14-10(12-7)13-9-4-2-3-8(11)5-9/h6,8-9H,2-5,11H2,1H3. The zero-order valence-electron chi connectivity index (χ0n) is 8.40. The Bertz CT molecular complexity index is 300. The molecule has 2 unspecified atom stereocenters. The fourth-order valence-electron chi connectivity index (χ4n) is 1.82. The first kappa shape index (κ1) is 9.93. The lowest BCUT2D eigenvalue weighted by atomic mass is 9.94. The number of hydrogen-bond donors (Lipinski definition) is 1. The third-order valence-corrected chi connectivity index (χ3v) is 3.38. The van der Waals surface area contributed by atoms with Crippen molar-refractivity contribution >= 4 is 11.3 Å². The maximum Gasteiger partial charge on any atom is 0.273 e. The number of ether oxygens (including phenoxy) is 1. The number of thiazole rings is 1. The van der Waals surface area contributed by atoms with Gasteiger partial charge in [0.15, 0.2) is 0 Å². The van der Waals surface area contributed by atoms with Crippen LogP contribution in [0.2, 0.25) is 0 Å². The molecule has 0 bridgehead atoms. The van der Waals surface area contributed by atoms with E-state index in [2.05, 4.69) is 4.98 Å². The SMILES string of the molecule is Cc1csc(OC2CCCC(N)C2)n1. The van der Waals surface area contributed by atoms with Crippen molar-refractivity contribution in [3.63, 3.8) is 0 Å². The summed E-state index contributed by atoms with van der Waals surface area (Å²) < 4.78 is 5.77. The Morgan fingerprint density at radius 3 is 3.07 bits per heavy atom. The molecule has 14 heavy (non-hydrogen) atoms. The van der Waals surface area contributed by atoms with Gasteiger partial charge >= 0.3 is 0 Å². The normalized spacial score (nSPS) is 27.6. The fraction of sp³-hybridized carbons (Fsp3) is 0.700. The Balaban J connectivity index is 1.90. The molecule has 2 rings (SSSR count). The molecule has 1 fully saturated rings. The summed E-state index contributed by atoms with van der Waals surface area (Å²) in [6.07, 6.45) is 4.68. The number of aromatic nitrogens is 1. The second kappa shape index (κ2) is 4.28. The zero-order valence-corrected chi connectivity index (χ0v) is 9.22.